The third-order valence-electron chi connectivity index (χ3n) is 4.49. The Morgan fingerprint density at radius 3 is 2.36 bits per heavy atom. The summed E-state index contributed by atoms with van der Waals surface area (Å²) in [4.78, 5) is 6.53. The summed E-state index contributed by atoms with van der Waals surface area (Å²) in [6, 6.07) is 22.8. The van der Waals surface area contributed by atoms with Crippen LogP contribution in [-0.2, 0) is 19.6 Å². The molecule has 0 unspecified atom stereocenters. The Morgan fingerprint density at radius 2 is 1.61 bits per heavy atom. The van der Waals surface area contributed by atoms with Crippen LogP contribution in [0, 0.1) is 0 Å². The van der Waals surface area contributed by atoms with Gasteiger partial charge in [0.25, 0.3) is 0 Å². The van der Waals surface area contributed by atoms with Crippen LogP contribution in [-0.4, -0.2) is 29.5 Å². The molecule has 1 aromatic heterocycles. The molecule has 3 rings (SSSR count). The first-order valence-electron chi connectivity index (χ1n) is 9.41. The fourth-order valence-electron chi connectivity index (χ4n) is 3.05. The van der Waals surface area contributed by atoms with Gasteiger partial charge in [-0.05, 0) is 24.1 Å². The lowest BCUT2D eigenvalue weighted by Gasteiger charge is -2.23. The maximum atomic E-state index is 6.07. The summed E-state index contributed by atoms with van der Waals surface area (Å²) in [6.07, 6.45) is 4.62. The van der Waals surface area contributed by atoms with Crippen LogP contribution < -0.4 is 10.5 Å². The summed E-state index contributed by atoms with van der Waals surface area (Å²) < 4.78 is 6.07. The van der Waals surface area contributed by atoms with Crippen molar-refractivity contribution in [2.24, 2.45) is 5.73 Å². The number of halogens is 1. The molecule has 148 valence electrons. The SMILES string of the molecule is Cl.NCCN(CCc1ccccc1)Cc1ccccc1OCc1cccnc1. The molecule has 0 atom stereocenters. The summed E-state index contributed by atoms with van der Waals surface area (Å²) in [5.41, 5.74) is 9.44. The average Bonchev–Trinajstić information content (AvgIpc) is 2.73. The van der Waals surface area contributed by atoms with Crippen molar-refractivity contribution in [2.45, 2.75) is 19.6 Å². The van der Waals surface area contributed by atoms with Gasteiger partial charge in [0, 0.05) is 49.7 Å². The zero-order valence-corrected chi connectivity index (χ0v) is 16.9. The minimum Gasteiger partial charge on any atom is -0.489 e. The summed E-state index contributed by atoms with van der Waals surface area (Å²) in [5.74, 6) is 0.920. The number of pyridine rings is 1. The molecule has 5 heteroatoms. The van der Waals surface area contributed by atoms with E-state index in [1.165, 1.54) is 11.1 Å². The van der Waals surface area contributed by atoms with E-state index in [0.29, 0.717) is 13.2 Å². The molecule has 28 heavy (non-hydrogen) atoms. The van der Waals surface area contributed by atoms with E-state index < -0.39 is 0 Å². The van der Waals surface area contributed by atoms with Gasteiger partial charge in [0.1, 0.15) is 12.4 Å². The fraction of sp³-hybridized carbons (Fsp3) is 0.261. The second-order valence-electron chi connectivity index (χ2n) is 6.56. The summed E-state index contributed by atoms with van der Waals surface area (Å²) >= 11 is 0. The number of nitrogens with zero attached hydrogens (tertiary/aromatic N) is 2. The van der Waals surface area contributed by atoms with Crippen LogP contribution in [0.25, 0.3) is 0 Å². The Labute approximate surface area is 173 Å². The van der Waals surface area contributed by atoms with Crippen LogP contribution in [0.1, 0.15) is 16.7 Å². The highest BCUT2D eigenvalue weighted by Crippen LogP contribution is 2.21. The molecular formula is C23H28ClN3O. The first-order chi connectivity index (χ1) is 13.3. The first kappa shape index (κ1) is 21.9. The van der Waals surface area contributed by atoms with Crippen LogP contribution in [0.15, 0.2) is 79.1 Å². The molecule has 2 aromatic carbocycles. The Balaban J connectivity index is 0.00000280. The van der Waals surface area contributed by atoms with E-state index in [1.54, 1.807) is 6.20 Å². The van der Waals surface area contributed by atoms with Gasteiger partial charge in [-0.25, -0.2) is 0 Å². The lowest BCUT2D eigenvalue weighted by Crippen LogP contribution is -2.31. The van der Waals surface area contributed by atoms with E-state index in [0.717, 1.165) is 37.4 Å². The standard InChI is InChI=1S/C23H27N3O.ClH/c24-13-16-26(15-12-20-7-2-1-3-8-20)18-22-10-4-5-11-23(22)27-19-21-9-6-14-25-17-21;/h1-11,14,17H,12-13,15-16,18-19,24H2;1H. The van der Waals surface area contributed by atoms with Gasteiger partial charge < -0.3 is 10.5 Å². The molecule has 0 spiro atoms. The van der Waals surface area contributed by atoms with Crippen molar-refractivity contribution in [3.05, 3.63) is 95.8 Å². The Kier molecular flexibility index (Phi) is 9.49. The summed E-state index contributed by atoms with van der Waals surface area (Å²) in [5, 5.41) is 0. The number of rotatable bonds is 10. The van der Waals surface area contributed by atoms with Gasteiger partial charge in [0.15, 0.2) is 0 Å². The molecule has 3 aromatic rings. The number of ether oxygens (including phenoxy) is 1. The molecule has 1 heterocycles. The van der Waals surface area contributed by atoms with E-state index in [1.807, 2.05) is 30.5 Å². The van der Waals surface area contributed by atoms with Gasteiger partial charge >= 0.3 is 0 Å². The van der Waals surface area contributed by atoms with E-state index in [4.69, 9.17) is 10.5 Å². The van der Waals surface area contributed by atoms with E-state index in [9.17, 15) is 0 Å². The Morgan fingerprint density at radius 1 is 0.857 bits per heavy atom. The predicted octanol–water partition coefficient (Wildman–Crippen LogP) is 4.09. The quantitative estimate of drug-likeness (QED) is 0.560. The van der Waals surface area contributed by atoms with Crippen molar-refractivity contribution < 1.29 is 4.74 Å². The van der Waals surface area contributed by atoms with E-state index >= 15 is 0 Å². The second-order valence-corrected chi connectivity index (χ2v) is 6.56. The van der Waals surface area contributed by atoms with E-state index in [2.05, 4.69) is 52.3 Å². The minimum absolute atomic E-state index is 0. The molecule has 0 saturated carbocycles. The highest BCUT2D eigenvalue weighted by Gasteiger charge is 2.10. The molecule has 0 aliphatic rings. The number of para-hydroxylation sites is 1. The third kappa shape index (κ3) is 6.97. The average molecular weight is 398 g/mol. The van der Waals surface area contributed by atoms with Gasteiger partial charge in [-0.2, -0.15) is 0 Å². The monoisotopic (exact) mass is 397 g/mol. The van der Waals surface area contributed by atoms with Gasteiger partial charge in [0.2, 0.25) is 0 Å². The molecule has 2 N–H and O–H groups in total. The molecule has 0 amide bonds. The van der Waals surface area contributed by atoms with Crippen molar-refractivity contribution in [3.63, 3.8) is 0 Å². The smallest absolute Gasteiger partial charge is 0.124 e. The molecule has 0 fully saturated rings. The predicted molar refractivity (Wildman–Crippen MR) is 117 cm³/mol. The second kappa shape index (κ2) is 12.1. The van der Waals surface area contributed by atoms with Crippen molar-refractivity contribution >= 4 is 12.4 Å². The van der Waals surface area contributed by atoms with Crippen molar-refractivity contribution in [1.29, 1.82) is 0 Å². The molecule has 0 saturated heterocycles. The van der Waals surface area contributed by atoms with Gasteiger partial charge in [0.05, 0.1) is 0 Å². The van der Waals surface area contributed by atoms with Crippen molar-refractivity contribution in [1.82, 2.24) is 9.88 Å². The summed E-state index contributed by atoms with van der Waals surface area (Å²) in [7, 11) is 0. The largest absolute Gasteiger partial charge is 0.489 e. The molecule has 4 nitrogen and oxygen atoms in total. The normalized spacial score (nSPS) is 10.5. The highest BCUT2D eigenvalue weighted by molar-refractivity contribution is 5.85. The summed E-state index contributed by atoms with van der Waals surface area (Å²) in [6.45, 7) is 3.83. The zero-order chi connectivity index (χ0) is 18.7. The van der Waals surface area contributed by atoms with E-state index in [-0.39, 0.29) is 12.4 Å². The number of hydrogen-bond donors (Lipinski definition) is 1. The maximum absolute atomic E-state index is 6.07. The minimum atomic E-state index is 0. The topological polar surface area (TPSA) is 51.4 Å². The van der Waals surface area contributed by atoms with Crippen LogP contribution in [0.3, 0.4) is 0 Å². The zero-order valence-electron chi connectivity index (χ0n) is 16.0. The van der Waals surface area contributed by atoms with Crippen LogP contribution >= 0.6 is 12.4 Å². The van der Waals surface area contributed by atoms with Crippen LogP contribution in [0.4, 0.5) is 0 Å². The van der Waals surface area contributed by atoms with Crippen molar-refractivity contribution in [2.75, 3.05) is 19.6 Å². The molecule has 0 aliphatic carbocycles. The fourth-order valence-corrected chi connectivity index (χ4v) is 3.05. The number of aromatic nitrogens is 1. The maximum Gasteiger partial charge on any atom is 0.124 e. The van der Waals surface area contributed by atoms with Crippen LogP contribution in [0.5, 0.6) is 5.75 Å². The number of hydrogen-bond acceptors (Lipinski definition) is 4. The lowest BCUT2D eigenvalue weighted by molar-refractivity contribution is 0.260. The first-order valence-corrected chi connectivity index (χ1v) is 9.41. The van der Waals surface area contributed by atoms with Gasteiger partial charge in [-0.1, -0.05) is 54.6 Å². The highest BCUT2D eigenvalue weighted by atomic mass is 35.5. The molecular weight excluding hydrogens is 370 g/mol. The Hall–Kier alpha value is -2.40. The number of benzene rings is 2. The molecule has 0 bridgehead atoms. The Bertz CT molecular complexity index is 799. The molecule has 0 aliphatic heterocycles. The lowest BCUT2D eigenvalue weighted by atomic mass is 10.1. The van der Waals surface area contributed by atoms with Gasteiger partial charge in [-0.15, -0.1) is 12.4 Å². The number of nitrogens with two attached hydrogens (primary N) is 1. The van der Waals surface area contributed by atoms with Crippen LogP contribution in [0.2, 0.25) is 0 Å². The van der Waals surface area contributed by atoms with Crippen molar-refractivity contribution in [3.8, 4) is 5.75 Å². The third-order valence-corrected chi connectivity index (χ3v) is 4.49. The molecule has 0 radical (unpaired) electrons. The van der Waals surface area contributed by atoms with Gasteiger partial charge in [-0.3, -0.25) is 9.88 Å².